The van der Waals surface area contributed by atoms with Gasteiger partial charge in [-0.1, -0.05) is 0 Å². The molecule has 2 fully saturated rings. The Morgan fingerprint density at radius 1 is 1.36 bits per heavy atom. The summed E-state index contributed by atoms with van der Waals surface area (Å²) >= 11 is 0. The van der Waals surface area contributed by atoms with Gasteiger partial charge in [0.2, 0.25) is 5.91 Å². The smallest absolute Gasteiger partial charge is 0.221 e. The summed E-state index contributed by atoms with van der Waals surface area (Å²) in [4.78, 5) is 10.9. The van der Waals surface area contributed by atoms with E-state index in [-0.39, 0.29) is 18.3 Å². The molecule has 0 saturated carbocycles. The number of fused-ring (bicyclic) bond motifs is 1. The van der Waals surface area contributed by atoms with E-state index in [9.17, 15) is 4.79 Å². The zero-order valence-corrected chi connectivity index (χ0v) is 7.12. The molecule has 1 amide bonds. The molecular weight excluding hydrogens is 164 g/mol. The van der Waals surface area contributed by atoms with Crippen molar-refractivity contribution in [2.45, 2.75) is 31.3 Å². The van der Waals surface area contributed by atoms with Gasteiger partial charge >= 0.3 is 0 Å². The largest absolute Gasteiger partial charge is 0.352 e. The maximum Gasteiger partial charge on any atom is 0.221 e. The second-order valence-corrected chi connectivity index (χ2v) is 3.08. The fourth-order valence-corrected chi connectivity index (χ4v) is 1.81. The number of nitrogens with one attached hydrogen (secondary N) is 2. The van der Waals surface area contributed by atoms with Crippen molar-refractivity contribution < 1.29 is 4.79 Å². The lowest BCUT2D eigenvalue weighted by Crippen LogP contribution is -2.45. The van der Waals surface area contributed by atoms with Gasteiger partial charge in [0, 0.05) is 18.5 Å². The molecule has 0 aromatic carbocycles. The summed E-state index contributed by atoms with van der Waals surface area (Å²) in [7, 11) is 0. The van der Waals surface area contributed by atoms with Gasteiger partial charge in [-0.3, -0.25) is 4.79 Å². The van der Waals surface area contributed by atoms with E-state index in [1.807, 2.05) is 0 Å². The van der Waals surface area contributed by atoms with Gasteiger partial charge in [-0.15, -0.1) is 12.4 Å². The summed E-state index contributed by atoms with van der Waals surface area (Å²) in [5.41, 5.74) is 0. The zero-order chi connectivity index (χ0) is 6.97. The Morgan fingerprint density at radius 3 is 2.91 bits per heavy atom. The van der Waals surface area contributed by atoms with E-state index in [1.165, 1.54) is 6.42 Å². The summed E-state index contributed by atoms with van der Waals surface area (Å²) in [6, 6.07) is 0.863. The second-order valence-electron chi connectivity index (χ2n) is 3.08. The highest BCUT2D eigenvalue weighted by atomic mass is 35.5. The van der Waals surface area contributed by atoms with Gasteiger partial charge in [0.25, 0.3) is 0 Å². The highest BCUT2D eigenvalue weighted by Gasteiger charge is 2.33. The van der Waals surface area contributed by atoms with Crippen LogP contribution >= 0.6 is 12.4 Å². The molecule has 2 aliphatic rings. The van der Waals surface area contributed by atoms with Crippen molar-refractivity contribution in [3.8, 4) is 0 Å². The molecule has 0 aromatic heterocycles. The molecular formula is C7H13ClN2O. The average molecular weight is 177 g/mol. The van der Waals surface area contributed by atoms with Gasteiger partial charge in [0.1, 0.15) is 0 Å². The number of rotatable bonds is 0. The molecule has 2 aliphatic heterocycles. The first kappa shape index (κ1) is 8.81. The van der Waals surface area contributed by atoms with Gasteiger partial charge < -0.3 is 10.6 Å². The van der Waals surface area contributed by atoms with Gasteiger partial charge in [-0.2, -0.15) is 0 Å². The van der Waals surface area contributed by atoms with Crippen LogP contribution in [0.3, 0.4) is 0 Å². The third-order valence-corrected chi connectivity index (χ3v) is 2.34. The molecule has 2 N–H and O–H groups in total. The number of amides is 1. The molecule has 2 saturated heterocycles. The van der Waals surface area contributed by atoms with Crippen molar-refractivity contribution >= 4 is 18.3 Å². The van der Waals surface area contributed by atoms with Crippen LogP contribution in [0.4, 0.5) is 0 Å². The zero-order valence-electron chi connectivity index (χ0n) is 6.30. The van der Waals surface area contributed by atoms with Crippen LogP contribution in [0, 0.1) is 0 Å². The Hall–Kier alpha value is -0.280. The summed E-state index contributed by atoms with van der Waals surface area (Å²) in [5, 5.41) is 6.28. The Bertz CT molecular complexity index is 147. The van der Waals surface area contributed by atoms with E-state index in [0.717, 1.165) is 13.0 Å². The molecule has 2 unspecified atom stereocenters. The fourth-order valence-electron chi connectivity index (χ4n) is 1.81. The van der Waals surface area contributed by atoms with Crippen molar-refractivity contribution in [1.29, 1.82) is 0 Å². The van der Waals surface area contributed by atoms with Crippen molar-refractivity contribution in [2.24, 2.45) is 0 Å². The summed E-state index contributed by atoms with van der Waals surface area (Å²) < 4.78 is 0. The monoisotopic (exact) mass is 176 g/mol. The molecule has 0 radical (unpaired) electrons. The molecule has 64 valence electrons. The molecule has 2 atom stereocenters. The van der Waals surface area contributed by atoms with Crippen LogP contribution in [0.1, 0.15) is 19.3 Å². The number of carbonyl (C=O) groups excluding carboxylic acids is 1. The van der Waals surface area contributed by atoms with Gasteiger partial charge in [0.05, 0.1) is 0 Å². The topological polar surface area (TPSA) is 41.1 Å². The first-order chi connectivity index (χ1) is 4.86. The van der Waals surface area contributed by atoms with Crippen LogP contribution in [0.2, 0.25) is 0 Å². The van der Waals surface area contributed by atoms with Gasteiger partial charge in [-0.05, 0) is 19.4 Å². The molecule has 2 heterocycles. The van der Waals surface area contributed by atoms with Gasteiger partial charge in [-0.25, -0.2) is 0 Å². The summed E-state index contributed by atoms with van der Waals surface area (Å²) in [6.45, 7) is 1.08. The Labute approximate surface area is 72.3 Å². The number of hydrogen-bond donors (Lipinski definition) is 2. The van der Waals surface area contributed by atoms with Crippen LogP contribution in [0.5, 0.6) is 0 Å². The summed E-state index contributed by atoms with van der Waals surface area (Å²) in [5.74, 6) is 0.212. The molecule has 0 aromatic rings. The predicted octanol–water partition coefficient (Wildman–Crippen LogP) is 0.0487. The van der Waals surface area contributed by atoms with E-state index >= 15 is 0 Å². The van der Waals surface area contributed by atoms with E-state index in [2.05, 4.69) is 10.6 Å². The summed E-state index contributed by atoms with van der Waals surface area (Å²) in [6.07, 6.45) is 3.04. The third kappa shape index (κ3) is 1.65. The maximum absolute atomic E-state index is 10.9. The van der Waals surface area contributed by atoms with Crippen LogP contribution < -0.4 is 10.6 Å². The van der Waals surface area contributed by atoms with Crippen LogP contribution in [0.25, 0.3) is 0 Å². The van der Waals surface area contributed by atoms with E-state index < -0.39 is 0 Å². The minimum Gasteiger partial charge on any atom is -0.352 e. The standard InChI is InChI=1S/C7H12N2O.ClH/c10-7-4-6-5(9-7)2-1-3-8-6;/h5-6,8H,1-4H2,(H,9,10);1H. The first-order valence-electron chi connectivity index (χ1n) is 3.89. The molecule has 0 aliphatic carbocycles. The molecule has 4 heteroatoms. The van der Waals surface area contributed by atoms with Crippen LogP contribution in [-0.2, 0) is 4.79 Å². The third-order valence-electron chi connectivity index (χ3n) is 2.34. The molecule has 0 spiro atoms. The fraction of sp³-hybridized carbons (Fsp3) is 0.857. The Morgan fingerprint density at radius 2 is 2.18 bits per heavy atom. The van der Waals surface area contributed by atoms with Crippen LogP contribution in [-0.4, -0.2) is 24.5 Å². The number of hydrogen-bond acceptors (Lipinski definition) is 2. The van der Waals surface area contributed by atoms with E-state index in [0.29, 0.717) is 18.5 Å². The maximum atomic E-state index is 10.9. The minimum absolute atomic E-state index is 0. The second kappa shape index (κ2) is 3.41. The van der Waals surface area contributed by atoms with Crippen molar-refractivity contribution in [2.75, 3.05) is 6.54 Å². The SMILES string of the molecule is Cl.O=C1CC2NCCCC2N1. The quantitative estimate of drug-likeness (QED) is 0.548. The van der Waals surface area contributed by atoms with Crippen molar-refractivity contribution in [3.05, 3.63) is 0 Å². The minimum atomic E-state index is 0. The molecule has 0 bridgehead atoms. The predicted molar refractivity (Wildman–Crippen MR) is 44.8 cm³/mol. The normalized spacial score (nSPS) is 35.5. The van der Waals surface area contributed by atoms with Crippen molar-refractivity contribution in [1.82, 2.24) is 10.6 Å². The Balaban J connectivity index is 0.000000605. The van der Waals surface area contributed by atoms with E-state index in [1.54, 1.807) is 0 Å². The number of piperidine rings is 1. The van der Waals surface area contributed by atoms with Crippen molar-refractivity contribution in [3.63, 3.8) is 0 Å². The van der Waals surface area contributed by atoms with E-state index in [4.69, 9.17) is 0 Å². The Kier molecular flexibility index (Phi) is 2.73. The molecule has 3 nitrogen and oxygen atoms in total. The molecule has 2 rings (SSSR count). The van der Waals surface area contributed by atoms with Crippen LogP contribution in [0.15, 0.2) is 0 Å². The number of halogens is 1. The average Bonchev–Trinajstić information content (AvgIpc) is 2.27. The number of carbonyl (C=O) groups is 1. The highest BCUT2D eigenvalue weighted by molar-refractivity contribution is 5.85. The first-order valence-corrected chi connectivity index (χ1v) is 3.89. The highest BCUT2D eigenvalue weighted by Crippen LogP contribution is 2.16. The molecule has 11 heavy (non-hydrogen) atoms. The van der Waals surface area contributed by atoms with Gasteiger partial charge in [0.15, 0.2) is 0 Å². The lowest BCUT2D eigenvalue weighted by atomic mass is 10.0. The lowest BCUT2D eigenvalue weighted by molar-refractivity contribution is -0.119. The lowest BCUT2D eigenvalue weighted by Gasteiger charge is -2.25.